The predicted octanol–water partition coefficient (Wildman–Crippen LogP) is 6.28. The lowest BCUT2D eigenvalue weighted by molar-refractivity contribution is 0.194. The van der Waals surface area contributed by atoms with Crippen LogP contribution in [-0.2, 0) is 6.54 Å². The molecule has 32 heavy (non-hydrogen) atoms. The summed E-state index contributed by atoms with van der Waals surface area (Å²) < 4.78 is 7.58. The van der Waals surface area contributed by atoms with Crippen LogP contribution in [0.5, 0.6) is 5.75 Å². The van der Waals surface area contributed by atoms with Crippen LogP contribution >= 0.6 is 11.6 Å². The molecule has 0 spiro atoms. The molecular formula is C26H22ClN3O2. The summed E-state index contributed by atoms with van der Waals surface area (Å²) in [7, 11) is 1.59. The van der Waals surface area contributed by atoms with Crippen molar-refractivity contribution in [3.05, 3.63) is 113 Å². The second kappa shape index (κ2) is 8.44. The van der Waals surface area contributed by atoms with E-state index in [-0.39, 0.29) is 12.1 Å². The molecule has 1 N–H and O–H groups in total. The third kappa shape index (κ3) is 3.61. The molecule has 5 rings (SSSR count). The molecule has 160 valence electrons. The number of nitrogens with zero attached hydrogens (tertiary/aromatic N) is 2. The first kappa shape index (κ1) is 20.2. The van der Waals surface area contributed by atoms with Gasteiger partial charge in [-0.25, -0.2) is 4.79 Å². The van der Waals surface area contributed by atoms with Crippen molar-refractivity contribution in [3.63, 3.8) is 0 Å². The zero-order chi connectivity index (χ0) is 22.1. The predicted molar refractivity (Wildman–Crippen MR) is 127 cm³/mol. The number of nitrogens with one attached hydrogen (secondary N) is 1. The van der Waals surface area contributed by atoms with Gasteiger partial charge in [-0.1, -0.05) is 54.1 Å². The van der Waals surface area contributed by atoms with Gasteiger partial charge in [-0.05, 0) is 53.6 Å². The van der Waals surface area contributed by atoms with Gasteiger partial charge in [0, 0.05) is 16.9 Å². The van der Waals surface area contributed by atoms with E-state index in [2.05, 4.69) is 28.1 Å². The molecule has 0 bridgehead atoms. The Balaban J connectivity index is 1.64. The molecule has 3 aromatic carbocycles. The van der Waals surface area contributed by atoms with Crippen molar-refractivity contribution in [2.75, 3.05) is 12.4 Å². The maximum absolute atomic E-state index is 13.7. The molecule has 5 nitrogen and oxygen atoms in total. The number of urea groups is 1. The van der Waals surface area contributed by atoms with E-state index in [9.17, 15) is 4.79 Å². The number of amides is 2. The smallest absolute Gasteiger partial charge is 0.323 e. The molecule has 0 fully saturated rings. The summed E-state index contributed by atoms with van der Waals surface area (Å²) in [6.45, 7) is 0.440. The Labute approximate surface area is 191 Å². The van der Waals surface area contributed by atoms with Crippen molar-refractivity contribution < 1.29 is 9.53 Å². The molecule has 1 unspecified atom stereocenters. The van der Waals surface area contributed by atoms with Crippen LogP contribution < -0.4 is 10.1 Å². The Bertz CT molecular complexity index is 1280. The van der Waals surface area contributed by atoms with Gasteiger partial charge in [0.2, 0.25) is 0 Å². The molecule has 1 aromatic heterocycles. The molecule has 1 aliphatic rings. The maximum atomic E-state index is 13.7. The van der Waals surface area contributed by atoms with Crippen molar-refractivity contribution in [2.24, 2.45) is 0 Å². The molecule has 4 aromatic rings. The topological polar surface area (TPSA) is 46.5 Å². The van der Waals surface area contributed by atoms with Gasteiger partial charge in [0.15, 0.2) is 0 Å². The van der Waals surface area contributed by atoms with Gasteiger partial charge in [0.05, 0.1) is 31.1 Å². The van der Waals surface area contributed by atoms with Crippen LogP contribution in [0.3, 0.4) is 0 Å². The number of aromatic nitrogens is 1. The third-order valence-corrected chi connectivity index (χ3v) is 5.97. The van der Waals surface area contributed by atoms with E-state index >= 15 is 0 Å². The number of hydrogen-bond donors (Lipinski definition) is 1. The second-order valence-corrected chi connectivity index (χ2v) is 8.08. The molecule has 2 amide bonds. The van der Waals surface area contributed by atoms with Gasteiger partial charge < -0.3 is 19.5 Å². The zero-order valence-corrected chi connectivity index (χ0v) is 18.3. The maximum Gasteiger partial charge on any atom is 0.323 e. The lowest BCUT2D eigenvalue weighted by atomic mass is 10.0. The van der Waals surface area contributed by atoms with Crippen molar-refractivity contribution in [1.82, 2.24) is 9.47 Å². The fraction of sp³-hybridized carbons (Fsp3) is 0.115. The summed E-state index contributed by atoms with van der Waals surface area (Å²) >= 11 is 6.35. The van der Waals surface area contributed by atoms with Crippen LogP contribution in [0.15, 0.2) is 91.1 Å². The summed E-state index contributed by atoms with van der Waals surface area (Å²) in [5.41, 5.74) is 4.68. The summed E-state index contributed by atoms with van der Waals surface area (Å²) in [5, 5.41) is 3.68. The molecule has 0 radical (unpaired) electrons. The van der Waals surface area contributed by atoms with Gasteiger partial charge in [0.1, 0.15) is 5.75 Å². The molecule has 0 saturated heterocycles. The van der Waals surface area contributed by atoms with Crippen LogP contribution in [0, 0.1) is 0 Å². The average molecular weight is 444 g/mol. The quantitative estimate of drug-likeness (QED) is 0.405. The van der Waals surface area contributed by atoms with Crippen molar-refractivity contribution in [2.45, 2.75) is 12.6 Å². The molecule has 6 heteroatoms. The number of rotatable bonds is 3. The summed E-state index contributed by atoms with van der Waals surface area (Å²) in [5.74, 6) is 0.610. The van der Waals surface area contributed by atoms with Gasteiger partial charge in [-0.3, -0.25) is 0 Å². The van der Waals surface area contributed by atoms with E-state index in [1.807, 2.05) is 77.8 Å². The van der Waals surface area contributed by atoms with Crippen LogP contribution in [0.4, 0.5) is 10.5 Å². The van der Waals surface area contributed by atoms with Crippen molar-refractivity contribution >= 4 is 23.3 Å². The molecule has 1 atom stereocenters. The first-order chi connectivity index (χ1) is 15.7. The second-order valence-electron chi connectivity index (χ2n) is 7.65. The number of benzene rings is 3. The number of carbonyl (C=O) groups is 1. The lowest BCUT2D eigenvalue weighted by Gasteiger charge is -2.31. The Morgan fingerprint density at radius 1 is 1.00 bits per heavy atom. The highest BCUT2D eigenvalue weighted by Crippen LogP contribution is 2.38. The molecule has 2 heterocycles. The number of halogens is 1. The highest BCUT2D eigenvalue weighted by molar-refractivity contribution is 6.30. The minimum absolute atomic E-state index is 0.219. The van der Waals surface area contributed by atoms with Crippen LogP contribution in [-0.4, -0.2) is 22.6 Å². The third-order valence-electron chi connectivity index (χ3n) is 5.74. The fourth-order valence-electron chi connectivity index (χ4n) is 4.30. The summed E-state index contributed by atoms with van der Waals surface area (Å²) in [4.78, 5) is 15.6. The standard InChI is InChI=1S/C26H22ClN3O2/c1-32-24-14-5-3-11-21(24)28-26(31)30-17-19-8-2-4-12-22(19)29-15-7-13-23(29)25(30)18-9-6-10-20(27)16-18/h2-16,25H,17H2,1H3,(H,28,31). The first-order valence-corrected chi connectivity index (χ1v) is 10.7. The Morgan fingerprint density at radius 2 is 1.81 bits per heavy atom. The lowest BCUT2D eigenvalue weighted by Crippen LogP contribution is -2.38. The SMILES string of the molecule is COc1ccccc1NC(=O)N1Cc2ccccc2-n2cccc2C1c1cccc(Cl)c1. The molecule has 0 saturated carbocycles. The zero-order valence-electron chi connectivity index (χ0n) is 17.5. The molecule has 0 aliphatic carbocycles. The minimum atomic E-state index is -0.328. The Hall–Kier alpha value is -3.70. The number of carbonyl (C=O) groups excluding carboxylic acids is 1. The number of fused-ring (bicyclic) bond motifs is 3. The number of para-hydroxylation sites is 3. The Kier molecular flexibility index (Phi) is 5.33. The minimum Gasteiger partial charge on any atom is -0.495 e. The number of methoxy groups -OCH3 is 1. The van der Waals surface area contributed by atoms with E-state index in [4.69, 9.17) is 16.3 Å². The Morgan fingerprint density at radius 3 is 2.66 bits per heavy atom. The summed E-state index contributed by atoms with van der Waals surface area (Å²) in [6.07, 6.45) is 2.04. The largest absolute Gasteiger partial charge is 0.495 e. The van der Waals surface area contributed by atoms with Crippen LogP contribution in [0.1, 0.15) is 22.9 Å². The van der Waals surface area contributed by atoms with E-state index in [1.54, 1.807) is 7.11 Å². The average Bonchev–Trinajstić information content (AvgIpc) is 3.23. The normalized spacial score (nSPS) is 14.8. The number of ether oxygens (including phenoxy) is 1. The first-order valence-electron chi connectivity index (χ1n) is 10.4. The highest BCUT2D eigenvalue weighted by Gasteiger charge is 2.33. The van der Waals surface area contributed by atoms with Crippen LogP contribution in [0.25, 0.3) is 5.69 Å². The van der Waals surface area contributed by atoms with E-state index in [1.165, 1.54) is 0 Å². The van der Waals surface area contributed by atoms with E-state index in [0.717, 1.165) is 22.5 Å². The number of anilines is 1. The fourth-order valence-corrected chi connectivity index (χ4v) is 4.50. The van der Waals surface area contributed by atoms with Gasteiger partial charge in [-0.15, -0.1) is 0 Å². The van der Waals surface area contributed by atoms with E-state index in [0.29, 0.717) is 23.0 Å². The van der Waals surface area contributed by atoms with Gasteiger partial charge in [-0.2, -0.15) is 0 Å². The summed E-state index contributed by atoms with van der Waals surface area (Å²) in [6, 6.07) is 26.7. The van der Waals surface area contributed by atoms with Crippen molar-refractivity contribution in [3.8, 4) is 11.4 Å². The molecular weight excluding hydrogens is 422 g/mol. The van der Waals surface area contributed by atoms with Crippen molar-refractivity contribution in [1.29, 1.82) is 0 Å². The van der Waals surface area contributed by atoms with Gasteiger partial charge in [0.25, 0.3) is 0 Å². The van der Waals surface area contributed by atoms with Gasteiger partial charge >= 0.3 is 6.03 Å². The van der Waals surface area contributed by atoms with Crippen LogP contribution in [0.2, 0.25) is 5.02 Å². The van der Waals surface area contributed by atoms with E-state index < -0.39 is 0 Å². The molecule has 1 aliphatic heterocycles. The monoisotopic (exact) mass is 443 g/mol. The number of hydrogen-bond acceptors (Lipinski definition) is 2. The highest BCUT2D eigenvalue weighted by atomic mass is 35.5.